The number of anilines is 1. The quantitative estimate of drug-likeness (QED) is 0.863. The Bertz CT molecular complexity index is 471. The van der Waals surface area contributed by atoms with Crippen LogP contribution in [0.25, 0.3) is 0 Å². The van der Waals surface area contributed by atoms with Crippen molar-refractivity contribution in [2.45, 2.75) is 56.6 Å². The van der Waals surface area contributed by atoms with Crippen LogP contribution in [0.4, 0.5) is 14.5 Å². The van der Waals surface area contributed by atoms with Crippen molar-refractivity contribution in [2.75, 3.05) is 5.32 Å². The topological polar surface area (TPSA) is 32.3 Å². The lowest BCUT2D eigenvalue weighted by atomic mass is 9.65. The second-order valence-corrected chi connectivity index (χ2v) is 6.22. The van der Waals surface area contributed by atoms with Gasteiger partial charge in [-0.1, -0.05) is 19.3 Å². The first-order valence-corrected chi connectivity index (χ1v) is 7.53. The molecule has 0 amide bonds. The van der Waals surface area contributed by atoms with E-state index in [9.17, 15) is 13.9 Å². The number of rotatable bonds is 2. The van der Waals surface area contributed by atoms with E-state index < -0.39 is 17.2 Å². The van der Waals surface area contributed by atoms with Gasteiger partial charge in [0.15, 0.2) is 0 Å². The summed E-state index contributed by atoms with van der Waals surface area (Å²) in [6, 6.07) is 3.34. The average molecular weight is 281 g/mol. The molecule has 2 aliphatic carbocycles. The summed E-state index contributed by atoms with van der Waals surface area (Å²) < 4.78 is 26.5. The summed E-state index contributed by atoms with van der Waals surface area (Å²) in [4.78, 5) is 0. The molecule has 0 radical (unpaired) electrons. The molecule has 1 aromatic rings. The molecule has 4 heteroatoms. The van der Waals surface area contributed by atoms with Crippen LogP contribution >= 0.6 is 0 Å². The number of benzene rings is 1. The van der Waals surface area contributed by atoms with E-state index >= 15 is 0 Å². The number of fused-ring (bicyclic) bond motifs is 1. The maximum absolute atomic E-state index is 13.3. The van der Waals surface area contributed by atoms with Crippen LogP contribution in [0.5, 0.6) is 0 Å². The van der Waals surface area contributed by atoms with Crippen molar-refractivity contribution < 1.29 is 13.9 Å². The van der Waals surface area contributed by atoms with Crippen LogP contribution in [0.1, 0.15) is 44.9 Å². The van der Waals surface area contributed by atoms with Crippen LogP contribution < -0.4 is 5.32 Å². The van der Waals surface area contributed by atoms with E-state index in [0.29, 0.717) is 11.6 Å². The van der Waals surface area contributed by atoms with E-state index in [2.05, 4.69) is 5.32 Å². The highest BCUT2D eigenvalue weighted by Gasteiger charge is 2.47. The lowest BCUT2D eigenvalue weighted by Gasteiger charge is -2.49. The Labute approximate surface area is 118 Å². The highest BCUT2D eigenvalue weighted by molar-refractivity contribution is 5.45. The Kier molecular flexibility index (Phi) is 3.67. The van der Waals surface area contributed by atoms with E-state index in [-0.39, 0.29) is 6.04 Å². The van der Waals surface area contributed by atoms with Crippen LogP contribution in [0.15, 0.2) is 18.2 Å². The van der Waals surface area contributed by atoms with Crippen LogP contribution in [-0.4, -0.2) is 16.7 Å². The average Bonchev–Trinajstić information content (AvgIpc) is 2.38. The van der Waals surface area contributed by atoms with Crippen molar-refractivity contribution >= 4 is 5.69 Å². The highest BCUT2D eigenvalue weighted by Crippen LogP contribution is 2.44. The van der Waals surface area contributed by atoms with Crippen molar-refractivity contribution in [1.82, 2.24) is 0 Å². The Morgan fingerprint density at radius 1 is 1.00 bits per heavy atom. The van der Waals surface area contributed by atoms with Gasteiger partial charge in [0, 0.05) is 11.8 Å². The fourth-order valence-corrected chi connectivity index (χ4v) is 3.96. The number of nitrogens with one attached hydrogen (secondary N) is 1. The number of halogens is 2. The molecule has 2 fully saturated rings. The van der Waals surface area contributed by atoms with Gasteiger partial charge in [-0.05, 0) is 43.7 Å². The molecule has 0 spiro atoms. The van der Waals surface area contributed by atoms with Crippen LogP contribution in [0.3, 0.4) is 0 Å². The fraction of sp³-hybridized carbons (Fsp3) is 0.625. The summed E-state index contributed by atoms with van der Waals surface area (Å²) in [6.45, 7) is 0. The molecule has 20 heavy (non-hydrogen) atoms. The molecule has 2 saturated carbocycles. The molecule has 0 heterocycles. The zero-order chi connectivity index (χ0) is 14.2. The molecule has 2 nitrogen and oxygen atoms in total. The molecular weight excluding hydrogens is 260 g/mol. The molecule has 2 aliphatic rings. The lowest BCUT2D eigenvalue weighted by molar-refractivity contribution is -0.0835. The molecule has 2 N–H and O–H groups in total. The largest absolute Gasteiger partial charge is 0.387 e. The Morgan fingerprint density at radius 3 is 2.45 bits per heavy atom. The molecule has 0 saturated heterocycles. The first kappa shape index (κ1) is 13.8. The number of hydrogen-bond donors (Lipinski definition) is 2. The third-order valence-electron chi connectivity index (χ3n) is 4.94. The molecule has 0 aromatic heterocycles. The second-order valence-electron chi connectivity index (χ2n) is 6.22. The molecule has 0 aliphatic heterocycles. The van der Waals surface area contributed by atoms with Gasteiger partial charge in [0.25, 0.3) is 0 Å². The molecule has 3 rings (SSSR count). The molecule has 3 atom stereocenters. The maximum atomic E-state index is 13.3. The summed E-state index contributed by atoms with van der Waals surface area (Å²) in [5.74, 6) is -0.855. The van der Waals surface area contributed by atoms with Gasteiger partial charge >= 0.3 is 0 Å². The Hall–Kier alpha value is -1.16. The first-order valence-electron chi connectivity index (χ1n) is 7.53. The van der Waals surface area contributed by atoms with Gasteiger partial charge in [-0.25, -0.2) is 8.78 Å². The van der Waals surface area contributed by atoms with Gasteiger partial charge in [-0.2, -0.15) is 0 Å². The van der Waals surface area contributed by atoms with Gasteiger partial charge < -0.3 is 10.4 Å². The molecule has 110 valence electrons. The Balaban J connectivity index is 1.81. The first-order chi connectivity index (χ1) is 9.58. The van der Waals surface area contributed by atoms with Crippen LogP contribution in [-0.2, 0) is 0 Å². The molecule has 0 unspecified atom stereocenters. The Morgan fingerprint density at radius 2 is 1.70 bits per heavy atom. The highest BCUT2D eigenvalue weighted by atomic mass is 19.1. The van der Waals surface area contributed by atoms with Crippen molar-refractivity contribution in [2.24, 2.45) is 5.92 Å². The van der Waals surface area contributed by atoms with E-state index in [1.165, 1.54) is 18.6 Å². The predicted octanol–water partition coefficient (Wildman–Crippen LogP) is 3.85. The van der Waals surface area contributed by atoms with Gasteiger partial charge in [-0.15, -0.1) is 0 Å². The number of aliphatic hydroxyl groups is 1. The van der Waals surface area contributed by atoms with E-state index in [1.807, 2.05) is 0 Å². The maximum Gasteiger partial charge on any atom is 0.128 e. The lowest BCUT2D eigenvalue weighted by Crippen LogP contribution is -2.56. The zero-order valence-corrected chi connectivity index (χ0v) is 11.5. The smallest absolute Gasteiger partial charge is 0.128 e. The van der Waals surface area contributed by atoms with E-state index in [0.717, 1.165) is 44.6 Å². The monoisotopic (exact) mass is 281 g/mol. The predicted molar refractivity (Wildman–Crippen MR) is 74.5 cm³/mol. The van der Waals surface area contributed by atoms with Gasteiger partial charge in [-0.3, -0.25) is 0 Å². The molecular formula is C16H21F2NO. The minimum Gasteiger partial charge on any atom is -0.387 e. The van der Waals surface area contributed by atoms with Crippen molar-refractivity contribution in [3.8, 4) is 0 Å². The molecule has 0 bridgehead atoms. The summed E-state index contributed by atoms with van der Waals surface area (Å²) in [5, 5.41) is 14.2. The van der Waals surface area contributed by atoms with Crippen LogP contribution in [0.2, 0.25) is 0 Å². The summed E-state index contributed by atoms with van der Waals surface area (Å²) in [7, 11) is 0. The SMILES string of the molecule is O[C@]12CCCC[C@@H]1CCC[C@H]2Nc1cc(F)cc(F)c1. The number of hydrogen-bond acceptors (Lipinski definition) is 2. The van der Waals surface area contributed by atoms with Gasteiger partial charge in [0.05, 0.1) is 11.6 Å². The third-order valence-corrected chi connectivity index (χ3v) is 4.94. The standard InChI is InChI=1S/C16H21F2NO/c17-12-8-13(18)10-14(9-12)19-15-6-3-5-11-4-1-2-7-16(11,15)20/h8-11,15,19-20H,1-7H2/t11-,15-,16-/m1/s1. The fourth-order valence-electron chi connectivity index (χ4n) is 3.96. The van der Waals surface area contributed by atoms with Crippen molar-refractivity contribution in [1.29, 1.82) is 0 Å². The molecule has 1 aromatic carbocycles. The summed E-state index contributed by atoms with van der Waals surface area (Å²) in [5.41, 5.74) is -0.300. The summed E-state index contributed by atoms with van der Waals surface area (Å²) >= 11 is 0. The van der Waals surface area contributed by atoms with E-state index in [1.54, 1.807) is 0 Å². The van der Waals surface area contributed by atoms with Crippen LogP contribution in [0, 0.1) is 17.6 Å². The van der Waals surface area contributed by atoms with Crippen molar-refractivity contribution in [3.63, 3.8) is 0 Å². The van der Waals surface area contributed by atoms with Gasteiger partial charge in [0.2, 0.25) is 0 Å². The minimum absolute atomic E-state index is 0.109. The van der Waals surface area contributed by atoms with E-state index in [4.69, 9.17) is 0 Å². The third kappa shape index (κ3) is 2.53. The zero-order valence-electron chi connectivity index (χ0n) is 11.5. The summed E-state index contributed by atoms with van der Waals surface area (Å²) in [6.07, 6.45) is 7.02. The second kappa shape index (κ2) is 5.32. The minimum atomic E-state index is -0.723. The van der Waals surface area contributed by atoms with Gasteiger partial charge in [0.1, 0.15) is 11.6 Å². The normalized spacial score (nSPS) is 33.5. The van der Waals surface area contributed by atoms with Crippen molar-refractivity contribution in [3.05, 3.63) is 29.8 Å².